The van der Waals surface area contributed by atoms with Crippen LogP contribution in [0.1, 0.15) is 17.0 Å². The number of aromatic amines is 2. The highest BCUT2D eigenvalue weighted by Crippen LogP contribution is 2.32. The second-order valence-corrected chi connectivity index (χ2v) is 4.01. The number of nitrogens with one attached hydrogen (secondary N) is 2. The van der Waals surface area contributed by atoms with E-state index in [1.165, 1.54) is 6.07 Å². The summed E-state index contributed by atoms with van der Waals surface area (Å²) in [6.07, 6.45) is -1.26. The van der Waals surface area contributed by atoms with Crippen molar-refractivity contribution in [3.8, 4) is 0 Å². The summed E-state index contributed by atoms with van der Waals surface area (Å²) in [5, 5.41) is 13.5. The van der Waals surface area contributed by atoms with Gasteiger partial charge < -0.3 is 4.98 Å². The Morgan fingerprint density at radius 3 is 2.79 bits per heavy atom. The summed E-state index contributed by atoms with van der Waals surface area (Å²) in [4.78, 5) is 2.80. The molecule has 5 nitrogen and oxygen atoms in total. The predicted molar refractivity (Wildman–Crippen MR) is 59.1 cm³/mol. The summed E-state index contributed by atoms with van der Waals surface area (Å²) in [7, 11) is 0. The molecule has 1 aromatic carbocycles. The third kappa shape index (κ3) is 2.16. The molecule has 2 N–H and O–H groups in total. The maximum absolute atomic E-state index is 12.7. The van der Waals surface area contributed by atoms with Crippen LogP contribution in [0.4, 0.5) is 13.2 Å². The van der Waals surface area contributed by atoms with E-state index in [1.54, 1.807) is 0 Å². The van der Waals surface area contributed by atoms with Crippen molar-refractivity contribution in [3.05, 3.63) is 41.3 Å². The first kappa shape index (κ1) is 11.7. The van der Waals surface area contributed by atoms with E-state index >= 15 is 0 Å². The minimum absolute atomic E-state index is 0.286. The third-order valence-corrected chi connectivity index (χ3v) is 2.75. The van der Waals surface area contributed by atoms with Gasteiger partial charge in [0.1, 0.15) is 0 Å². The largest absolute Gasteiger partial charge is 0.416 e. The fraction of sp³-hybridized carbons (Fsp3) is 0.182. The summed E-state index contributed by atoms with van der Waals surface area (Å²) in [5.41, 5.74) is 0.486. The molecule has 0 saturated heterocycles. The Hall–Kier alpha value is -2.38. The molecule has 3 aromatic rings. The predicted octanol–water partition coefficient (Wildman–Crippen LogP) is 2.09. The fourth-order valence-corrected chi connectivity index (χ4v) is 1.85. The summed E-state index contributed by atoms with van der Waals surface area (Å²) in [5.74, 6) is 0.467. The van der Waals surface area contributed by atoms with Crippen LogP contribution in [-0.2, 0) is 12.6 Å². The summed E-state index contributed by atoms with van der Waals surface area (Å²) < 4.78 is 38.0. The molecular formula is C11H7F3N5. The minimum Gasteiger partial charge on any atom is -0.353 e. The van der Waals surface area contributed by atoms with Gasteiger partial charge in [-0.25, -0.2) is 5.10 Å². The zero-order valence-electron chi connectivity index (χ0n) is 9.41. The fourth-order valence-electron chi connectivity index (χ4n) is 1.85. The SMILES string of the molecule is FC(F)(F)c1ccc2[nH][c]c(Cc3nnn[nH]3)c2c1. The van der Waals surface area contributed by atoms with Gasteiger partial charge in [0.25, 0.3) is 0 Å². The number of aromatic nitrogens is 5. The van der Waals surface area contributed by atoms with Crippen LogP contribution >= 0.6 is 0 Å². The van der Waals surface area contributed by atoms with Gasteiger partial charge in [-0.3, -0.25) is 0 Å². The Bertz CT molecular complexity index is 699. The van der Waals surface area contributed by atoms with Crippen molar-refractivity contribution in [1.29, 1.82) is 0 Å². The van der Waals surface area contributed by atoms with Gasteiger partial charge in [-0.15, -0.1) is 5.10 Å². The van der Waals surface area contributed by atoms with Crippen molar-refractivity contribution in [2.75, 3.05) is 0 Å². The Balaban J connectivity index is 2.05. The molecule has 8 heteroatoms. The van der Waals surface area contributed by atoms with Gasteiger partial charge in [-0.2, -0.15) is 13.2 Å². The monoisotopic (exact) mass is 266 g/mol. The third-order valence-electron chi connectivity index (χ3n) is 2.75. The molecular weight excluding hydrogens is 259 g/mol. The maximum Gasteiger partial charge on any atom is 0.416 e. The lowest BCUT2D eigenvalue weighted by Gasteiger charge is -2.06. The van der Waals surface area contributed by atoms with E-state index in [9.17, 15) is 13.2 Å². The average Bonchev–Trinajstić information content (AvgIpc) is 2.98. The number of rotatable bonds is 2. The molecule has 3 rings (SSSR count). The zero-order chi connectivity index (χ0) is 13.5. The van der Waals surface area contributed by atoms with Gasteiger partial charge in [0.05, 0.1) is 11.8 Å². The molecule has 97 valence electrons. The van der Waals surface area contributed by atoms with Gasteiger partial charge >= 0.3 is 6.18 Å². The van der Waals surface area contributed by atoms with E-state index in [4.69, 9.17) is 0 Å². The zero-order valence-corrected chi connectivity index (χ0v) is 9.41. The molecule has 0 spiro atoms. The van der Waals surface area contributed by atoms with E-state index in [2.05, 4.69) is 31.8 Å². The molecule has 0 amide bonds. The Labute approximate surface area is 104 Å². The van der Waals surface area contributed by atoms with E-state index in [-0.39, 0.29) is 6.42 Å². The van der Waals surface area contributed by atoms with Crippen LogP contribution in [0.25, 0.3) is 10.9 Å². The first-order chi connectivity index (χ1) is 9.04. The van der Waals surface area contributed by atoms with Crippen molar-refractivity contribution in [2.45, 2.75) is 12.6 Å². The lowest BCUT2D eigenvalue weighted by Crippen LogP contribution is -2.04. The number of hydrogen-bond donors (Lipinski definition) is 2. The van der Waals surface area contributed by atoms with Crippen molar-refractivity contribution < 1.29 is 13.2 Å². The lowest BCUT2D eigenvalue weighted by atomic mass is 10.1. The highest BCUT2D eigenvalue weighted by atomic mass is 19.4. The standard InChI is InChI=1S/C11H7F3N5/c12-11(13,14)7-1-2-9-8(4-7)6(5-15-9)3-10-16-18-19-17-10/h1-2,4,15H,3H2,(H,16,17,18,19). The molecule has 0 aliphatic rings. The topological polar surface area (TPSA) is 70.2 Å². The number of benzene rings is 1. The second-order valence-electron chi connectivity index (χ2n) is 4.01. The molecule has 0 unspecified atom stereocenters. The Kier molecular flexibility index (Phi) is 2.51. The maximum atomic E-state index is 12.7. The van der Waals surface area contributed by atoms with E-state index in [0.717, 1.165) is 12.1 Å². The molecule has 0 aliphatic heterocycles. The van der Waals surface area contributed by atoms with Gasteiger partial charge in [0.15, 0.2) is 5.82 Å². The van der Waals surface area contributed by atoms with Crippen LogP contribution in [0.3, 0.4) is 0 Å². The highest BCUT2D eigenvalue weighted by Gasteiger charge is 2.30. The normalized spacial score (nSPS) is 12.2. The molecule has 2 aromatic heterocycles. The highest BCUT2D eigenvalue weighted by molar-refractivity contribution is 5.84. The number of H-pyrrole nitrogens is 2. The van der Waals surface area contributed by atoms with Gasteiger partial charge in [-0.1, -0.05) is 0 Å². The summed E-state index contributed by atoms with van der Waals surface area (Å²) >= 11 is 0. The van der Waals surface area contributed by atoms with Crippen molar-refractivity contribution in [1.82, 2.24) is 25.6 Å². The van der Waals surface area contributed by atoms with Gasteiger partial charge in [-0.05, 0) is 34.2 Å². The molecule has 0 atom stereocenters. The van der Waals surface area contributed by atoms with E-state index < -0.39 is 11.7 Å². The second kappa shape index (κ2) is 4.08. The quantitative estimate of drug-likeness (QED) is 0.746. The molecule has 0 saturated carbocycles. The van der Waals surface area contributed by atoms with E-state index in [0.29, 0.717) is 22.3 Å². The average molecular weight is 266 g/mol. The Morgan fingerprint density at radius 1 is 1.26 bits per heavy atom. The molecule has 19 heavy (non-hydrogen) atoms. The Morgan fingerprint density at radius 2 is 2.11 bits per heavy atom. The van der Waals surface area contributed by atoms with Crippen LogP contribution in [-0.4, -0.2) is 25.6 Å². The molecule has 0 bridgehead atoms. The van der Waals surface area contributed by atoms with Crippen molar-refractivity contribution in [2.24, 2.45) is 0 Å². The molecule has 0 aliphatic carbocycles. The van der Waals surface area contributed by atoms with Crippen LogP contribution in [0.15, 0.2) is 18.2 Å². The van der Waals surface area contributed by atoms with Crippen LogP contribution < -0.4 is 0 Å². The number of nitrogens with zero attached hydrogens (tertiary/aromatic N) is 3. The first-order valence-corrected chi connectivity index (χ1v) is 5.36. The van der Waals surface area contributed by atoms with Gasteiger partial charge in [0, 0.05) is 17.3 Å². The van der Waals surface area contributed by atoms with Crippen LogP contribution in [0, 0.1) is 6.20 Å². The van der Waals surface area contributed by atoms with Crippen molar-refractivity contribution in [3.63, 3.8) is 0 Å². The minimum atomic E-state index is -4.36. The first-order valence-electron chi connectivity index (χ1n) is 5.36. The molecule has 2 heterocycles. The van der Waals surface area contributed by atoms with Crippen LogP contribution in [0.5, 0.6) is 0 Å². The summed E-state index contributed by atoms with van der Waals surface area (Å²) in [6.45, 7) is 0. The molecule has 1 radical (unpaired) electrons. The lowest BCUT2D eigenvalue weighted by molar-refractivity contribution is -0.137. The summed E-state index contributed by atoms with van der Waals surface area (Å²) in [6, 6.07) is 3.52. The number of fused-ring (bicyclic) bond motifs is 1. The van der Waals surface area contributed by atoms with Crippen molar-refractivity contribution >= 4 is 10.9 Å². The number of halogens is 3. The van der Waals surface area contributed by atoms with Crippen LogP contribution in [0.2, 0.25) is 0 Å². The number of alkyl halides is 3. The van der Waals surface area contributed by atoms with E-state index in [1.807, 2.05) is 0 Å². The number of hydrogen-bond acceptors (Lipinski definition) is 3. The molecule has 0 fully saturated rings. The smallest absolute Gasteiger partial charge is 0.353 e. The number of tetrazole rings is 1. The van der Waals surface area contributed by atoms with Gasteiger partial charge in [0.2, 0.25) is 0 Å².